The monoisotopic (exact) mass is 340 g/mol. The van der Waals surface area contributed by atoms with Gasteiger partial charge in [-0.15, -0.1) is 0 Å². The highest BCUT2D eigenvalue weighted by molar-refractivity contribution is 6.07. The Hall–Kier alpha value is -2.70. The van der Waals surface area contributed by atoms with Crippen LogP contribution in [-0.4, -0.2) is 27.0 Å². The van der Waals surface area contributed by atoms with E-state index in [1.54, 1.807) is 6.92 Å². The lowest BCUT2D eigenvalue weighted by molar-refractivity contribution is -0.131. The topological polar surface area (TPSA) is 88.3 Å². The average molecular weight is 340 g/mol. The molecule has 4 rings (SSSR count). The van der Waals surface area contributed by atoms with Gasteiger partial charge in [-0.05, 0) is 42.9 Å². The van der Waals surface area contributed by atoms with Gasteiger partial charge in [0.2, 0.25) is 5.89 Å². The maximum absolute atomic E-state index is 13.0. The van der Waals surface area contributed by atoms with Crippen molar-refractivity contribution >= 4 is 11.9 Å². The van der Waals surface area contributed by atoms with Gasteiger partial charge in [0, 0.05) is 6.42 Å². The van der Waals surface area contributed by atoms with E-state index in [2.05, 4.69) is 21.5 Å². The van der Waals surface area contributed by atoms with Crippen molar-refractivity contribution < 1.29 is 14.1 Å². The van der Waals surface area contributed by atoms with Crippen LogP contribution in [-0.2, 0) is 36.1 Å². The third kappa shape index (κ3) is 2.50. The van der Waals surface area contributed by atoms with Gasteiger partial charge in [-0.3, -0.25) is 9.69 Å². The highest BCUT2D eigenvalue weighted by Gasteiger charge is 2.49. The second-order valence-corrected chi connectivity index (χ2v) is 6.74. The summed E-state index contributed by atoms with van der Waals surface area (Å²) in [5.41, 5.74) is 2.35. The smallest absolute Gasteiger partial charge is 0.325 e. The summed E-state index contributed by atoms with van der Waals surface area (Å²) in [4.78, 5) is 30.7. The number of hydrogen-bond acceptors (Lipinski definition) is 5. The number of carbonyl (C=O) groups is 2. The molecule has 7 heteroatoms. The number of imide groups is 1. The summed E-state index contributed by atoms with van der Waals surface area (Å²) >= 11 is 0. The normalized spacial score (nSPS) is 22.4. The van der Waals surface area contributed by atoms with E-state index in [0.717, 1.165) is 29.7 Å². The molecule has 0 radical (unpaired) electrons. The van der Waals surface area contributed by atoms with E-state index < -0.39 is 11.6 Å². The molecule has 2 heterocycles. The molecule has 1 fully saturated rings. The zero-order chi connectivity index (χ0) is 17.6. The van der Waals surface area contributed by atoms with E-state index in [9.17, 15) is 9.59 Å². The fourth-order valence-corrected chi connectivity index (χ4v) is 3.55. The second-order valence-electron chi connectivity index (χ2n) is 6.74. The van der Waals surface area contributed by atoms with E-state index in [0.29, 0.717) is 12.2 Å². The third-order valence-corrected chi connectivity index (χ3v) is 5.07. The maximum atomic E-state index is 13.0. The summed E-state index contributed by atoms with van der Waals surface area (Å²) in [6, 6.07) is 5.61. The quantitative estimate of drug-likeness (QED) is 0.861. The van der Waals surface area contributed by atoms with Crippen LogP contribution in [0.4, 0.5) is 4.79 Å². The van der Waals surface area contributed by atoms with Crippen molar-refractivity contribution in [3.8, 4) is 0 Å². The Morgan fingerprint density at radius 1 is 1.28 bits per heavy atom. The number of aromatic nitrogens is 2. The van der Waals surface area contributed by atoms with Gasteiger partial charge in [-0.1, -0.05) is 30.3 Å². The summed E-state index contributed by atoms with van der Waals surface area (Å²) in [5.74, 6) is 0.522. The molecule has 1 unspecified atom stereocenters. The fraction of sp³-hybridized carbons (Fsp3) is 0.444. The minimum absolute atomic E-state index is 0.0157. The van der Waals surface area contributed by atoms with E-state index in [4.69, 9.17) is 4.52 Å². The fourth-order valence-electron chi connectivity index (χ4n) is 3.55. The number of nitrogens with zero attached hydrogens (tertiary/aromatic N) is 3. The lowest BCUT2D eigenvalue weighted by atomic mass is 9.90. The van der Waals surface area contributed by atoms with E-state index in [1.165, 1.54) is 11.1 Å². The van der Waals surface area contributed by atoms with Gasteiger partial charge in [-0.25, -0.2) is 4.79 Å². The van der Waals surface area contributed by atoms with Crippen molar-refractivity contribution in [2.24, 2.45) is 0 Å². The standard InChI is InChI=1S/C18H20N4O3/c1-3-14-19-15(25-21-14)10-22-16(23)18(2,20-17(22)24)13-8-7-11-5-4-6-12(11)9-13/h7-9H,3-6,10H2,1-2H3,(H,20,24). The Kier molecular flexibility index (Phi) is 3.59. The van der Waals surface area contributed by atoms with Crippen molar-refractivity contribution in [2.75, 3.05) is 0 Å². The number of carbonyl (C=O) groups excluding carboxylic acids is 2. The number of nitrogens with one attached hydrogen (secondary N) is 1. The molecule has 3 amide bonds. The van der Waals surface area contributed by atoms with Crippen LogP contribution in [0, 0.1) is 0 Å². The van der Waals surface area contributed by atoms with Crippen LogP contribution in [0.3, 0.4) is 0 Å². The molecular weight excluding hydrogens is 320 g/mol. The van der Waals surface area contributed by atoms with Crippen LogP contribution in [0.2, 0.25) is 0 Å². The lowest BCUT2D eigenvalue weighted by Gasteiger charge is -2.22. The summed E-state index contributed by atoms with van der Waals surface area (Å²) in [6.45, 7) is 3.64. The molecule has 1 aliphatic carbocycles. The van der Waals surface area contributed by atoms with Gasteiger partial charge >= 0.3 is 6.03 Å². The molecule has 0 bridgehead atoms. The van der Waals surface area contributed by atoms with Gasteiger partial charge in [0.05, 0.1) is 0 Å². The van der Waals surface area contributed by atoms with Crippen molar-refractivity contribution in [1.29, 1.82) is 0 Å². The SMILES string of the molecule is CCc1noc(CN2C(=O)NC(C)(c3ccc4c(c3)CCC4)C2=O)n1. The summed E-state index contributed by atoms with van der Waals surface area (Å²) < 4.78 is 5.11. The molecular formula is C18H20N4O3. The molecule has 1 aliphatic heterocycles. The van der Waals surface area contributed by atoms with E-state index in [1.807, 2.05) is 19.1 Å². The third-order valence-electron chi connectivity index (χ3n) is 5.07. The molecule has 1 saturated heterocycles. The number of rotatable bonds is 4. The Balaban J connectivity index is 1.61. The number of fused-ring (bicyclic) bond motifs is 1. The molecule has 2 aliphatic rings. The first kappa shape index (κ1) is 15.8. The van der Waals surface area contributed by atoms with Crippen LogP contribution in [0.1, 0.15) is 48.7 Å². The van der Waals surface area contributed by atoms with Crippen molar-refractivity contribution in [2.45, 2.75) is 51.6 Å². The first-order chi connectivity index (χ1) is 12.0. The van der Waals surface area contributed by atoms with Gasteiger partial charge in [0.25, 0.3) is 5.91 Å². The molecule has 0 saturated carbocycles. The van der Waals surface area contributed by atoms with E-state index >= 15 is 0 Å². The van der Waals surface area contributed by atoms with Gasteiger partial charge in [-0.2, -0.15) is 4.98 Å². The molecule has 7 nitrogen and oxygen atoms in total. The Bertz CT molecular complexity index is 860. The molecule has 1 aromatic heterocycles. The molecule has 1 aromatic carbocycles. The lowest BCUT2D eigenvalue weighted by Crippen LogP contribution is -2.41. The van der Waals surface area contributed by atoms with Crippen molar-refractivity contribution in [3.05, 3.63) is 46.6 Å². The predicted octanol–water partition coefficient (Wildman–Crippen LogP) is 2.09. The van der Waals surface area contributed by atoms with E-state index in [-0.39, 0.29) is 18.3 Å². The second kappa shape index (κ2) is 5.68. The van der Waals surface area contributed by atoms with Crippen LogP contribution in [0.5, 0.6) is 0 Å². The summed E-state index contributed by atoms with van der Waals surface area (Å²) in [6.07, 6.45) is 3.87. The molecule has 1 atom stereocenters. The van der Waals surface area contributed by atoms with Gasteiger partial charge in [0.15, 0.2) is 5.82 Å². The number of benzene rings is 1. The minimum Gasteiger partial charge on any atom is -0.337 e. The summed E-state index contributed by atoms with van der Waals surface area (Å²) in [5, 5.41) is 6.63. The van der Waals surface area contributed by atoms with Crippen LogP contribution in [0.15, 0.2) is 22.7 Å². The number of hydrogen-bond donors (Lipinski definition) is 1. The molecule has 130 valence electrons. The Morgan fingerprint density at radius 2 is 2.08 bits per heavy atom. The molecule has 1 N–H and O–H groups in total. The Morgan fingerprint density at radius 3 is 2.84 bits per heavy atom. The number of urea groups is 1. The highest BCUT2D eigenvalue weighted by atomic mass is 16.5. The first-order valence-corrected chi connectivity index (χ1v) is 8.59. The van der Waals surface area contributed by atoms with Gasteiger partial charge in [0.1, 0.15) is 12.1 Å². The van der Waals surface area contributed by atoms with Gasteiger partial charge < -0.3 is 9.84 Å². The highest BCUT2D eigenvalue weighted by Crippen LogP contribution is 2.33. The average Bonchev–Trinajstić information content (AvgIpc) is 3.30. The van der Waals surface area contributed by atoms with Crippen LogP contribution >= 0.6 is 0 Å². The first-order valence-electron chi connectivity index (χ1n) is 8.59. The number of aryl methyl sites for hydroxylation is 3. The molecule has 2 aromatic rings. The zero-order valence-corrected chi connectivity index (χ0v) is 14.3. The van der Waals surface area contributed by atoms with Crippen molar-refractivity contribution in [3.63, 3.8) is 0 Å². The van der Waals surface area contributed by atoms with Crippen LogP contribution < -0.4 is 5.32 Å². The number of amides is 3. The van der Waals surface area contributed by atoms with Crippen molar-refractivity contribution in [1.82, 2.24) is 20.4 Å². The zero-order valence-electron chi connectivity index (χ0n) is 14.3. The largest absolute Gasteiger partial charge is 0.337 e. The molecule has 0 spiro atoms. The summed E-state index contributed by atoms with van der Waals surface area (Å²) in [7, 11) is 0. The Labute approximate surface area is 145 Å². The molecule has 25 heavy (non-hydrogen) atoms. The van der Waals surface area contributed by atoms with Crippen LogP contribution in [0.25, 0.3) is 0 Å². The maximum Gasteiger partial charge on any atom is 0.325 e. The predicted molar refractivity (Wildman–Crippen MR) is 88.6 cm³/mol. The minimum atomic E-state index is -1.07.